The molecule has 1 aliphatic heterocycles. The van der Waals surface area contributed by atoms with Crippen LogP contribution in [0.3, 0.4) is 0 Å². The van der Waals surface area contributed by atoms with Crippen molar-refractivity contribution < 1.29 is 14.3 Å². The monoisotopic (exact) mass is 262 g/mol. The third-order valence-corrected chi connectivity index (χ3v) is 4.04. The summed E-state index contributed by atoms with van der Waals surface area (Å²) in [6, 6.07) is 0. The minimum atomic E-state index is -0.177. The van der Waals surface area contributed by atoms with E-state index in [4.69, 9.17) is 9.47 Å². The van der Waals surface area contributed by atoms with Crippen molar-refractivity contribution in [2.75, 3.05) is 7.11 Å². The molecule has 0 N–H and O–H groups in total. The van der Waals surface area contributed by atoms with Gasteiger partial charge in [0.15, 0.2) is 0 Å². The number of fused-ring (bicyclic) bond motifs is 1. The Morgan fingerprint density at radius 1 is 1.53 bits per heavy atom. The lowest BCUT2D eigenvalue weighted by atomic mass is 9.86. The highest BCUT2D eigenvalue weighted by molar-refractivity contribution is 5.91. The maximum Gasteiger partial charge on any atom is 0.334 e. The van der Waals surface area contributed by atoms with Crippen molar-refractivity contribution in [2.24, 2.45) is 5.92 Å². The summed E-state index contributed by atoms with van der Waals surface area (Å²) in [7, 11) is 1.73. The van der Waals surface area contributed by atoms with Crippen LogP contribution in [-0.2, 0) is 14.3 Å². The molecule has 2 aliphatic rings. The van der Waals surface area contributed by atoms with Crippen LogP contribution in [0.4, 0.5) is 0 Å². The van der Waals surface area contributed by atoms with Crippen molar-refractivity contribution >= 4 is 5.97 Å². The van der Waals surface area contributed by atoms with Gasteiger partial charge in [0, 0.05) is 18.6 Å². The predicted molar refractivity (Wildman–Crippen MR) is 74.7 cm³/mol. The second-order valence-electron chi connectivity index (χ2n) is 5.46. The van der Waals surface area contributed by atoms with Crippen molar-refractivity contribution in [1.82, 2.24) is 0 Å². The molecule has 0 saturated carbocycles. The van der Waals surface area contributed by atoms with Crippen LogP contribution in [0, 0.1) is 5.92 Å². The van der Waals surface area contributed by atoms with Gasteiger partial charge in [-0.05, 0) is 44.8 Å². The number of methoxy groups -OCH3 is 1. The number of carbonyl (C=O) groups is 1. The summed E-state index contributed by atoms with van der Waals surface area (Å²) in [5.41, 5.74) is 3.06. The summed E-state index contributed by atoms with van der Waals surface area (Å²) in [4.78, 5) is 11.8. The zero-order valence-corrected chi connectivity index (χ0v) is 11.9. The molecule has 0 aromatic heterocycles. The summed E-state index contributed by atoms with van der Waals surface area (Å²) in [5, 5.41) is 0. The van der Waals surface area contributed by atoms with Gasteiger partial charge in [-0.2, -0.15) is 0 Å². The third kappa shape index (κ3) is 2.98. The maximum atomic E-state index is 11.8. The predicted octanol–water partition coefficient (Wildman–Crippen LogP) is 3.18. The molecule has 0 unspecified atom stereocenters. The first-order chi connectivity index (χ1) is 9.02. The highest BCUT2D eigenvalue weighted by atomic mass is 16.5. The molecule has 1 heterocycles. The van der Waals surface area contributed by atoms with Gasteiger partial charge in [0.25, 0.3) is 0 Å². The lowest BCUT2D eigenvalue weighted by Crippen LogP contribution is -2.27. The van der Waals surface area contributed by atoms with Crippen LogP contribution < -0.4 is 0 Å². The summed E-state index contributed by atoms with van der Waals surface area (Å²) in [6.45, 7) is 8.12. The molecule has 0 aromatic carbocycles. The molecule has 0 saturated heterocycles. The van der Waals surface area contributed by atoms with Crippen molar-refractivity contribution in [2.45, 2.75) is 45.3 Å². The van der Waals surface area contributed by atoms with E-state index in [2.05, 4.69) is 19.6 Å². The number of esters is 1. The van der Waals surface area contributed by atoms with E-state index in [0.717, 1.165) is 30.4 Å². The SMILES string of the molecule is C=C(C)[C@@H]1C[C@@H](OC)C(C)=CCCC2=C[C@@H]1OC2=O. The van der Waals surface area contributed by atoms with Crippen LogP contribution in [0.5, 0.6) is 0 Å². The highest BCUT2D eigenvalue weighted by Crippen LogP contribution is 2.33. The average Bonchev–Trinajstić information content (AvgIpc) is 2.70. The van der Waals surface area contributed by atoms with Gasteiger partial charge in [-0.1, -0.05) is 18.2 Å². The maximum absolute atomic E-state index is 11.8. The van der Waals surface area contributed by atoms with Gasteiger partial charge in [0.2, 0.25) is 0 Å². The molecule has 0 spiro atoms. The number of carbonyl (C=O) groups excluding carboxylic acids is 1. The molecule has 1 aliphatic carbocycles. The van der Waals surface area contributed by atoms with E-state index in [0.29, 0.717) is 0 Å². The Morgan fingerprint density at radius 3 is 2.89 bits per heavy atom. The standard InChI is InChI=1S/C16H22O3/c1-10(2)13-9-14(18-4)11(3)6-5-7-12-8-15(13)19-16(12)17/h6,8,13-15H,1,5,7,9H2,2-4H3/t13-,14+,15-/m0/s1. The molecule has 3 heteroatoms. The molecule has 19 heavy (non-hydrogen) atoms. The Labute approximate surface area is 115 Å². The lowest BCUT2D eigenvalue weighted by molar-refractivity contribution is -0.141. The zero-order chi connectivity index (χ0) is 14.0. The van der Waals surface area contributed by atoms with E-state index in [1.54, 1.807) is 7.11 Å². The Bertz CT molecular complexity index is 445. The Balaban J connectivity index is 2.31. The van der Waals surface area contributed by atoms with Crippen molar-refractivity contribution in [3.63, 3.8) is 0 Å². The van der Waals surface area contributed by atoms with Gasteiger partial charge in [-0.15, -0.1) is 0 Å². The second kappa shape index (κ2) is 5.74. The smallest absolute Gasteiger partial charge is 0.334 e. The van der Waals surface area contributed by atoms with E-state index in [1.165, 1.54) is 5.57 Å². The number of hydrogen-bond acceptors (Lipinski definition) is 3. The zero-order valence-electron chi connectivity index (χ0n) is 11.9. The largest absolute Gasteiger partial charge is 0.454 e. The van der Waals surface area contributed by atoms with Gasteiger partial charge in [-0.3, -0.25) is 0 Å². The van der Waals surface area contributed by atoms with Crippen LogP contribution in [0.15, 0.2) is 35.5 Å². The summed E-state index contributed by atoms with van der Waals surface area (Å²) >= 11 is 0. The Morgan fingerprint density at radius 2 is 2.26 bits per heavy atom. The van der Waals surface area contributed by atoms with E-state index in [-0.39, 0.29) is 24.1 Å². The normalized spacial score (nSPS) is 31.3. The molecule has 3 nitrogen and oxygen atoms in total. The van der Waals surface area contributed by atoms with Gasteiger partial charge in [0.05, 0.1) is 6.10 Å². The van der Waals surface area contributed by atoms with Gasteiger partial charge >= 0.3 is 5.97 Å². The minimum absolute atomic E-state index is 0.0657. The lowest BCUT2D eigenvalue weighted by Gasteiger charge is -2.27. The first-order valence-electron chi connectivity index (χ1n) is 6.79. The number of hydrogen-bond donors (Lipinski definition) is 0. The van der Waals surface area contributed by atoms with E-state index in [1.807, 2.05) is 13.0 Å². The van der Waals surface area contributed by atoms with E-state index >= 15 is 0 Å². The quantitative estimate of drug-likeness (QED) is 0.566. The molecule has 0 amide bonds. The van der Waals surface area contributed by atoms with Crippen LogP contribution in [0.1, 0.15) is 33.1 Å². The summed E-state index contributed by atoms with van der Waals surface area (Å²) < 4.78 is 11.1. The van der Waals surface area contributed by atoms with Crippen LogP contribution in [0.2, 0.25) is 0 Å². The molecular weight excluding hydrogens is 240 g/mol. The average molecular weight is 262 g/mol. The van der Waals surface area contributed by atoms with Crippen LogP contribution in [0.25, 0.3) is 0 Å². The van der Waals surface area contributed by atoms with Gasteiger partial charge < -0.3 is 9.47 Å². The Kier molecular flexibility index (Phi) is 4.25. The molecule has 0 fully saturated rings. The highest BCUT2D eigenvalue weighted by Gasteiger charge is 2.34. The molecule has 2 bridgehead atoms. The minimum Gasteiger partial charge on any atom is -0.454 e. The van der Waals surface area contributed by atoms with E-state index < -0.39 is 0 Å². The fraction of sp³-hybridized carbons (Fsp3) is 0.562. The first kappa shape index (κ1) is 14.1. The third-order valence-electron chi connectivity index (χ3n) is 4.04. The van der Waals surface area contributed by atoms with E-state index in [9.17, 15) is 4.79 Å². The second-order valence-corrected chi connectivity index (χ2v) is 5.46. The van der Waals surface area contributed by atoms with Gasteiger partial charge in [-0.25, -0.2) is 4.79 Å². The van der Waals surface area contributed by atoms with Crippen molar-refractivity contribution in [3.05, 3.63) is 35.5 Å². The van der Waals surface area contributed by atoms with Gasteiger partial charge in [0.1, 0.15) is 6.10 Å². The molecule has 2 rings (SSSR count). The van der Waals surface area contributed by atoms with Crippen molar-refractivity contribution in [1.29, 1.82) is 0 Å². The number of allylic oxidation sites excluding steroid dienone is 1. The molecule has 104 valence electrons. The van der Waals surface area contributed by atoms with Crippen molar-refractivity contribution in [3.8, 4) is 0 Å². The number of ether oxygens (including phenoxy) is 2. The summed E-state index contributed by atoms with van der Waals surface area (Å²) in [5.74, 6) is -0.0500. The Hall–Kier alpha value is -1.35. The number of rotatable bonds is 2. The fourth-order valence-electron chi connectivity index (χ4n) is 2.78. The first-order valence-corrected chi connectivity index (χ1v) is 6.79. The summed E-state index contributed by atoms with van der Waals surface area (Å²) in [6.07, 6.45) is 6.43. The van der Waals surface area contributed by atoms with Crippen LogP contribution in [-0.4, -0.2) is 25.3 Å². The molecule has 0 aromatic rings. The topological polar surface area (TPSA) is 35.5 Å². The molecule has 0 radical (unpaired) electrons. The molecule has 3 atom stereocenters. The van der Waals surface area contributed by atoms with Crippen LogP contribution >= 0.6 is 0 Å². The molecular formula is C16H22O3. The fourth-order valence-corrected chi connectivity index (χ4v) is 2.78.